The van der Waals surface area contributed by atoms with Crippen LogP contribution in [0.15, 0.2) is 12.1 Å². The third-order valence-electron chi connectivity index (χ3n) is 3.97. The molecule has 4 heteroatoms. The van der Waals surface area contributed by atoms with Crippen LogP contribution >= 0.6 is 0 Å². The number of fused-ring (bicyclic) bond motifs is 1. The van der Waals surface area contributed by atoms with Gasteiger partial charge in [0.2, 0.25) is 0 Å². The van der Waals surface area contributed by atoms with Crippen molar-refractivity contribution in [2.75, 3.05) is 18.0 Å². The predicted molar refractivity (Wildman–Crippen MR) is 78.2 cm³/mol. The third-order valence-corrected chi connectivity index (χ3v) is 3.97. The number of amides is 1. The van der Waals surface area contributed by atoms with E-state index >= 15 is 0 Å². The van der Waals surface area contributed by atoms with Crippen molar-refractivity contribution in [2.45, 2.75) is 39.2 Å². The highest BCUT2D eigenvalue weighted by atomic mass is 16.2. The number of hydrogen-bond donors (Lipinski definition) is 1. The maximum Gasteiger partial charge on any atom is 0.299 e. The minimum absolute atomic E-state index is 0.359. The summed E-state index contributed by atoms with van der Waals surface area (Å²) in [6.07, 6.45) is 3.41. The minimum atomic E-state index is -0.375. The molecule has 0 radical (unpaired) electrons. The van der Waals surface area contributed by atoms with Crippen molar-refractivity contribution in [1.82, 2.24) is 5.32 Å². The third kappa shape index (κ3) is 2.36. The van der Waals surface area contributed by atoms with Gasteiger partial charge in [0, 0.05) is 12.6 Å². The fourth-order valence-electron chi connectivity index (χ4n) is 2.87. The van der Waals surface area contributed by atoms with Gasteiger partial charge in [0.25, 0.3) is 11.7 Å². The van der Waals surface area contributed by atoms with Crippen LogP contribution < -0.4 is 10.2 Å². The average Bonchev–Trinajstić information content (AvgIpc) is 3.18. The second-order valence-electron chi connectivity index (χ2n) is 5.85. The van der Waals surface area contributed by atoms with Crippen molar-refractivity contribution in [2.24, 2.45) is 0 Å². The Labute approximate surface area is 119 Å². The van der Waals surface area contributed by atoms with Gasteiger partial charge < -0.3 is 10.2 Å². The molecule has 0 spiro atoms. The normalized spacial score (nSPS) is 17.8. The molecule has 1 amide bonds. The van der Waals surface area contributed by atoms with Crippen LogP contribution in [0.2, 0.25) is 0 Å². The van der Waals surface area contributed by atoms with Gasteiger partial charge >= 0.3 is 0 Å². The van der Waals surface area contributed by atoms with Crippen LogP contribution in [0.5, 0.6) is 0 Å². The summed E-state index contributed by atoms with van der Waals surface area (Å²) < 4.78 is 0. The van der Waals surface area contributed by atoms with Crippen LogP contribution in [0.25, 0.3) is 0 Å². The summed E-state index contributed by atoms with van der Waals surface area (Å²) in [6.45, 7) is 5.44. The minimum Gasteiger partial charge on any atom is -0.314 e. The summed E-state index contributed by atoms with van der Waals surface area (Å²) in [6, 6.07) is 4.54. The van der Waals surface area contributed by atoms with Crippen molar-refractivity contribution < 1.29 is 9.59 Å². The molecule has 106 valence electrons. The number of nitrogens with zero attached hydrogens (tertiary/aromatic N) is 1. The van der Waals surface area contributed by atoms with E-state index in [1.807, 2.05) is 26.0 Å². The van der Waals surface area contributed by atoms with Crippen LogP contribution in [0.3, 0.4) is 0 Å². The highest BCUT2D eigenvalue weighted by Gasteiger charge is 2.36. The van der Waals surface area contributed by atoms with E-state index in [1.165, 1.54) is 12.8 Å². The molecule has 3 rings (SSSR count). The molecule has 1 heterocycles. The number of anilines is 1. The smallest absolute Gasteiger partial charge is 0.299 e. The SMILES string of the molecule is Cc1cc(C)c2c(c1)C(=O)C(=O)N2CCCNC1CC1. The quantitative estimate of drug-likeness (QED) is 0.658. The van der Waals surface area contributed by atoms with E-state index in [0.717, 1.165) is 29.8 Å². The number of Topliss-reactive ketones (excluding diaryl/α,β-unsaturated/α-hetero) is 1. The number of aryl methyl sites for hydroxylation is 2. The van der Waals surface area contributed by atoms with Crippen molar-refractivity contribution in [3.63, 3.8) is 0 Å². The summed E-state index contributed by atoms with van der Waals surface area (Å²) >= 11 is 0. The van der Waals surface area contributed by atoms with Gasteiger partial charge in [-0.3, -0.25) is 9.59 Å². The molecule has 1 saturated carbocycles. The first-order valence-corrected chi connectivity index (χ1v) is 7.29. The molecule has 2 aliphatic rings. The zero-order valence-corrected chi connectivity index (χ0v) is 12.0. The van der Waals surface area contributed by atoms with Crippen LogP contribution in [-0.2, 0) is 4.79 Å². The molecule has 1 aromatic rings. The summed E-state index contributed by atoms with van der Waals surface area (Å²) in [5.74, 6) is -0.734. The van der Waals surface area contributed by atoms with E-state index in [4.69, 9.17) is 0 Å². The Bertz CT molecular complexity index is 576. The molecule has 0 bridgehead atoms. The highest BCUT2D eigenvalue weighted by molar-refractivity contribution is 6.52. The fourth-order valence-corrected chi connectivity index (χ4v) is 2.87. The summed E-state index contributed by atoms with van der Waals surface area (Å²) in [4.78, 5) is 25.8. The molecule has 0 unspecified atom stereocenters. The van der Waals surface area contributed by atoms with Crippen LogP contribution in [-0.4, -0.2) is 30.8 Å². The maximum atomic E-state index is 12.1. The molecule has 1 aliphatic carbocycles. The molecule has 4 nitrogen and oxygen atoms in total. The van der Waals surface area contributed by atoms with Crippen molar-refractivity contribution in [1.29, 1.82) is 0 Å². The monoisotopic (exact) mass is 272 g/mol. The molecule has 0 atom stereocenters. The molecular formula is C16H20N2O2. The number of ketones is 1. The topological polar surface area (TPSA) is 49.4 Å². The number of nitrogens with one attached hydrogen (secondary N) is 1. The fraction of sp³-hybridized carbons (Fsp3) is 0.500. The van der Waals surface area contributed by atoms with Gasteiger partial charge in [-0.25, -0.2) is 0 Å². The van der Waals surface area contributed by atoms with Crippen LogP contribution in [0.4, 0.5) is 5.69 Å². The maximum absolute atomic E-state index is 12.1. The lowest BCUT2D eigenvalue weighted by atomic mass is 10.0. The zero-order chi connectivity index (χ0) is 14.3. The summed E-state index contributed by atoms with van der Waals surface area (Å²) in [5.41, 5.74) is 3.42. The molecule has 1 aromatic carbocycles. The average molecular weight is 272 g/mol. The molecule has 1 fully saturated rings. The Morgan fingerprint density at radius 2 is 2.00 bits per heavy atom. The van der Waals surface area contributed by atoms with Gasteiger partial charge in [0.1, 0.15) is 0 Å². The van der Waals surface area contributed by atoms with Crippen LogP contribution in [0, 0.1) is 13.8 Å². The summed E-state index contributed by atoms with van der Waals surface area (Å²) in [7, 11) is 0. The number of carbonyl (C=O) groups is 2. The molecule has 20 heavy (non-hydrogen) atoms. The number of hydrogen-bond acceptors (Lipinski definition) is 3. The second-order valence-corrected chi connectivity index (χ2v) is 5.85. The highest BCUT2D eigenvalue weighted by Crippen LogP contribution is 2.33. The Hall–Kier alpha value is -1.68. The van der Waals surface area contributed by atoms with E-state index in [0.29, 0.717) is 18.2 Å². The lowest BCUT2D eigenvalue weighted by Gasteiger charge is -2.18. The molecule has 1 aliphatic heterocycles. The van der Waals surface area contributed by atoms with Gasteiger partial charge in [-0.05, 0) is 56.8 Å². The van der Waals surface area contributed by atoms with Gasteiger partial charge in [0.15, 0.2) is 0 Å². The first-order valence-electron chi connectivity index (χ1n) is 7.29. The number of benzene rings is 1. The Kier molecular flexibility index (Phi) is 3.34. The number of rotatable bonds is 5. The Morgan fingerprint density at radius 3 is 2.70 bits per heavy atom. The second kappa shape index (κ2) is 5.02. The van der Waals surface area contributed by atoms with E-state index < -0.39 is 0 Å². The van der Waals surface area contributed by atoms with E-state index in [9.17, 15) is 9.59 Å². The van der Waals surface area contributed by atoms with Crippen LogP contribution in [0.1, 0.15) is 40.7 Å². The lowest BCUT2D eigenvalue weighted by Crippen LogP contribution is -2.33. The van der Waals surface area contributed by atoms with Crippen molar-refractivity contribution in [3.8, 4) is 0 Å². The molecule has 0 aromatic heterocycles. The van der Waals surface area contributed by atoms with Gasteiger partial charge in [-0.2, -0.15) is 0 Å². The van der Waals surface area contributed by atoms with E-state index in [-0.39, 0.29) is 11.7 Å². The largest absolute Gasteiger partial charge is 0.314 e. The lowest BCUT2D eigenvalue weighted by molar-refractivity contribution is -0.114. The van der Waals surface area contributed by atoms with Gasteiger partial charge in [0.05, 0.1) is 11.3 Å². The van der Waals surface area contributed by atoms with Gasteiger partial charge in [-0.15, -0.1) is 0 Å². The zero-order valence-electron chi connectivity index (χ0n) is 12.0. The Balaban J connectivity index is 1.75. The molecule has 1 N–H and O–H groups in total. The predicted octanol–water partition coefficient (Wildman–Crippen LogP) is 1.97. The standard InChI is InChI=1S/C16H20N2O2/c1-10-8-11(2)14-13(9-10)15(19)16(20)18(14)7-3-6-17-12-4-5-12/h8-9,12,17H,3-7H2,1-2H3. The van der Waals surface area contributed by atoms with Gasteiger partial charge in [-0.1, -0.05) is 6.07 Å². The molecule has 0 saturated heterocycles. The van der Waals surface area contributed by atoms with Crippen molar-refractivity contribution in [3.05, 3.63) is 28.8 Å². The summed E-state index contributed by atoms with van der Waals surface area (Å²) in [5, 5.41) is 3.43. The Morgan fingerprint density at radius 1 is 1.25 bits per heavy atom. The number of carbonyl (C=O) groups excluding carboxylic acids is 2. The van der Waals surface area contributed by atoms with E-state index in [2.05, 4.69) is 5.32 Å². The van der Waals surface area contributed by atoms with E-state index in [1.54, 1.807) is 4.90 Å². The first-order chi connectivity index (χ1) is 9.58. The van der Waals surface area contributed by atoms with Crippen molar-refractivity contribution >= 4 is 17.4 Å². The first kappa shape index (κ1) is 13.3. The molecular weight excluding hydrogens is 252 g/mol.